The summed E-state index contributed by atoms with van der Waals surface area (Å²) in [7, 11) is 0. The second-order valence-corrected chi connectivity index (χ2v) is 3.23. The minimum atomic E-state index is 0.00292. The quantitative estimate of drug-likeness (QED) is 0.644. The summed E-state index contributed by atoms with van der Waals surface area (Å²) in [4.78, 5) is 11.1. The molecule has 1 aliphatic carbocycles. The lowest BCUT2D eigenvalue weighted by Crippen LogP contribution is -1.99. The molecule has 1 fully saturated rings. The maximum atomic E-state index is 11.1. The lowest BCUT2D eigenvalue weighted by atomic mass is 10.1. The molecule has 0 atom stereocenters. The molecule has 0 aliphatic heterocycles. The highest BCUT2D eigenvalue weighted by atomic mass is 16.1. The average Bonchev–Trinajstić information content (AvgIpc) is 2.75. The predicted octanol–water partition coefficient (Wildman–Crippen LogP) is 1.07. The summed E-state index contributed by atoms with van der Waals surface area (Å²) < 4.78 is 0. The third kappa shape index (κ3) is 0.995. The minimum absolute atomic E-state index is 0.00292. The molecule has 0 bridgehead atoms. The topological polar surface area (TPSA) is 71.8 Å². The molecule has 0 spiro atoms. The van der Waals surface area contributed by atoms with E-state index >= 15 is 0 Å². The van der Waals surface area contributed by atoms with Crippen LogP contribution in [0.1, 0.15) is 41.7 Å². The third-order valence-corrected chi connectivity index (χ3v) is 2.14. The van der Waals surface area contributed by atoms with Crippen molar-refractivity contribution >= 4 is 11.6 Å². The number of H-pyrrole nitrogens is 1. The first-order valence-electron chi connectivity index (χ1n) is 4.05. The van der Waals surface area contributed by atoms with E-state index < -0.39 is 0 Å². The number of carbonyl (C=O) groups is 1. The second kappa shape index (κ2) is 2.33. The van der Waals surface area contributed by atoms with Gasteiger partial charge in [0.15, 0.2) is 5.78 Å². The fraction of sp³-hybridized carbons (Fsp3) is 0.500. The van der Waals surface area contributed by atoms with Crippen LogP contribution in [0.3, 0.4) is 0 Å². The van der Waals surface area contributed by atoms with Crippen LogP contribution in [0.4, 0.5) is 5.82 Å². The molecule has 1 heterocycles. The molecule has 4 heteroatoms. The molecule has 1 aromatic rings. The van der Waals surface area contributed by atoms with Gasteiger partial charge in [0.25, 0.3) is 0 Å². The van der Waals surface area contributed by atoms with Gasteiger partial charge in [-0.2, -0.15) is 5.10 Å². The molecule has 1 aromatic heterocycles. The Balaban J connectivity index is 2.46. The third-order valence-electron chi connectivity index (χ3n) is 2.14. The maximum absolute atomic E-state index is 11.1. The smallest absolute Gasteiger partial charge is 0.165 e. The number of ketones is 1. The van der Waals surface area contributed by atoms with Crippen molar-refractivity contribution < 1.29 is 4.79 Å². The van der Waals surface area contributed by atoms with Gasteiger partial charge in [-0.3, -0.25) is 9.89 Å². The van der Waals surface area contributed by atoms with Crippen LogP contribution in [0, 0.1) is 0 Å². The second-order valence-electron chi connectivity index (χ2n) is 3.23. The van der Waals surface area contributed by atoms with Gasteiger partial charge < -0.3 is 5.73 Å². The number of anilines is 1. The molecule has 0 unspecified atom stereocenters. The number of nitrogens with one attached hydrogen (secondary N) is 1. The number of carbonyl (C=O) groups excluding carboxylic acids is 1. The molecule has 4 nitrogen and oxygen atoms in total. The van der Waals surface area contributed by atoms with Crippen LogP contribution >= 0.6 is 0 Å². The van der Waals surface area contributed by atoms with Gasteiger partial charge in [0.05, 0.1) is 11.3 Å². The first kappa shape index (κ1) is 7.34. The molecule has 0 saturated heterocycles. The van der Waals surface area contributed by atoms with Gasteiger partial charge in [0.2, 0.25) is 0 Å². The van der Waals surface area contributed by atoms with Gasteiger partial charge in [0.1, 0.15) is 5.82 Å². The van der Waals surface area contributed by atoms with Gasteiger partial charge in [-0.05, 0) is 19.8 Å². The zero-order chi connectivity index (χ0) is 8.72. The average molecular weight is 165 g/mol. The van der Waals surface area contributed by atoms with E-state index in [1.807, 2.05) is 0 Å². The van der Waals surface area contributed by atoms with Crippen molar-refractivity contribution in [3.8, 4) is 0 Å². The standard InChI is InChI=1S/C8H11N3O/c1-4(12)6-7(5-2-3-5)10-11-8(6)9/h5H,2-3H2,1H3,(H3,9,10,11). The number of nitrogens with zero attached hydrogens (tertiary/aromatic N) is 1. The van der Waals surface area contributed by atoms with Crippen LogP contribution in [-0.2, 0) is 0 Å². The summed E-state index contributed by atoms with van der Waals surface area (Å²) in [6, 6.07) is 0. The summed E-state index contributed by atoms with van der Waals surface area (Å²) in [5.74, 6) is 0.880. The Morgan fingerprint density at radius 2 is 2.33 bits per heavy atom. The summed E-state index contributed by atoms with van der Waals surface area (Å²) in [5, 5.41) is 6.68. The Labute approximate surface area is 70.1 Å². The van der Waals surface area contributed by atoms with Crippen LogP contribution in [0.25, 0.3) is 0 Å². The molecule has 1 saturated carbocycles. The molecule has 3 N–H and O–H groups in total. The lowest BCUT2D eigenvalue weighted by molar-refractivity contribution is 0.101. The Bertz CT molecular complexity index is 325. The molecule has 0 aromatic carbocycles. The van der Waals surface area contributed by atoms with E-state index in [0.717, 1.165) is 18.5 Å². The molecule has 64 valence electrons. The minimum Gasteiger partial charge on any atom is -0.383 e. The maximum Gasteiger partial charge on any atom is 0.165 e. The van der Waals surface area contributed by atoms with E-state index in [1.165, 1.54) is 6.92 Å². The van der Waals surface area contributed by atoms with Crippen molar-refractivity contribution in [3.05, 3.63) is 11.3 Å². The Morgan fingerprint density at radius 3 is 2.83 bits per heavy atom. The normalized spacial score (nSPS) is 16.4. The van der Waals surface area contributed by atoms with E-state index in [9.17, 15) is 4.79 Å². The highest BCUT2D eigenvalue weighted by Crippen LogP contribution is 2.41. The Kier molecular flexibility index (Phi) is 1.43. The molecule has 1 aliphatic rings. The van der Waals surface area contributed by atoms with Crippen molar-refractivity contribution in [3.63, 3.8) is 0 Å². The van der Waals surface area contributed by atoms with Crippen LogP contribution in [0.15, 0.2) is 0 Å². The summed E-state index contributed by atoms with van der Waals surface area (Å²) in [6.45, 7) is 1.52. The van der Waals surface area contributed by atoms with E-state index in [-0.39, 0.29) is 5.78 Å². The fourth-order valence-corrected chi connectivity index (χ4v) is 1.39. The Morgan fingerprint density at radius 1 is 1.67 bits per heavy atom. The van der Waals surface area contributed by atoms with Crippen molar-refractivity contribution in [1.82, 2.24) is 10.2 Å². The first-order valence-corrected chi connectivity index (χ1v) is 4.05. The largest absolute Gasteiger partial charge is 0.383 e. The van der Waals surface area contributed by atoms with Crippen LogP contribution in [0.2, 0.25) is 0 Å². The van der Waals surface area contributed by atoms with Crippen LogP contribution in [0.5, 0.6) is 0 Å². The van der Waals surface area contributed by atoms with Gasteiger partial charge in [-0.15, -0.1) is 0 Å². The van der Waals surface area contributed by atoms with Crippen molar-refractivity contribution in [2.24, 2.45) is 0 Å². The van der Waals surface area contributed by atoms with E-state index in [4.69, 9.17) is 5.73 Å². The zero-order valence-electron chi connectivity index (χ0n) is 6.92. The lowest BCUT2D eigenvalue weighted by Gasteiger charge is -1.95. The molecule has 0 radical (unpaired) electrons. The monoisotopic (exact) mass is 165 g/mol. The Hall–Kier alpha value is -1.32. The number of hydrogen-bond donors (Lipinski definition) is 2. The fourth-order valence-electron chi connectivity index (χ4n) is 1.39. The molecular weight excluding hydrogens is 154 g/mol. The van der Waals surface area contributed by atoms with E-state index in [1.54, 1.807) is 0 Å². The first-order chi connectivity index (χ1) is 5.70. The number of rotatable bonds is 2. The molecule has 2 rings (SSSR count). The number of nitrogen functional groups attached to an aromatic ring is 1. The SMILES string of the molecule is CC(=O)c1c(C2CC2)n[nH]c1N. The number of aromatic amines is 1. The number of nitrogens with two attached hydrogens (primary N) is 1. The zero-order valence-corrected chi connectivity index (χ0v) is 6.92. The van der Waals surface area contributed by atoms with Gasteiger partial charge in [-0.1, -0.05) is 0 Å². The van der Waals surface area contributed by atoms with Crippen LogP contribution in [-0.4, -0.2) is 16.0 Å². The van der Waals surface area contributed by atoms with E-state index in [2.05, 4.69) is 10.2 Å². The summed E-state index contributed by atoms with van der Waals surface area (Å²) in [5.41, 5.74) is 7.02. The van der Waals surface area contributed by atoms with Gasteiger partial charge >= 0.3 is 0 Å². The van der Waals surface area contributed by atoms with Crippen molar-refractivity contribution in [1.29, 1.82) is 0 Å². The van der Waals surface area contributed by atoms with Gasteiger partial charge in [-0.25, -0.2) is 0 Å². The van der Waals surface area contributed by atoms with Gasteiger partial charge in [0, 0.05) is 5.92 Å². The summed E-state index contributed by atoms with van der Waals surface area (Å²) in [6.07, 6.45) is 2.26. The molecule has 0 amide bonds. The highest BCUT2D eigenvalue weighted by Gasteiger charge is 2.31. The van der Waals surface area contributed by atoms with Crippen LogP contribution < -0.4 is 5.73 Å². The number of hydrogen-bond acceptors (Lipinski definition) is 3. The van der Waals surface area contributed by atoms with E-state index in [0.29, 0.717) is 17.3 Å². The molecular formula is C8H11N3O. The molecule has 12 heavy (non-hydrogen) atoms. The predicted molar refractivity (Wildman–Crippen MR) is 45.0 cm³/mol. The number of Topliss-reactive ketones (excluding diaryl/α,β-unsaturated/α-hetero) is 1. The number of aromatic nitrogens is 2. The highest BCUT2D eigenvalue weighted by molar-refractivity contribution is 5.99. The summed E-state index contributed by atoms with van der Waals surface area (Å²) >= 11 is 0. The van der Waals surface area contributed by atoms with Crippen molar-refractivity contribution in [2.75, 3.05) is 5.73 Å². The van der Waals surface area contributed by atoms with Crippen molar-refractivity contribution in [2.45, 2.75) is 25.7 Å².